The molecule has 1 aliphatic rings. The lowest BCUT2D eigenvalue weighted by molar-refractivity contribution is 0.221. The maximum atomic E-state index is 14.3. The van der Waals surface area contributed by atoms with E-state index in [9.17, 15) is 8.78 Å². The molecule has 1 atom stereocenters. The highest BCUT2D eigenvalue weighted by atomic mass is 35.5. The van der Waals surface area contributed by atoms with E-state index in [0.717, 1.165) is 32.0 Å². The van der Waals surface area contributed by atoms with Crippen LogP contribution in [-0.2, 0) is 0 Å². The third kappa shape index (κ3) is 2.53. The van der Waals surface area contributed by atoms with E-state index < -0.39 is 11.6 Å². The van der Waals surface area contributed by atoms with Gasteiger partial charge in [-0.1, -0.05) is 0 Å². The fraction of sp³-hybridized carbons (Fsp3) is 0.533. The van der Waals surface area contributed by atoms with E-state index in [1.165, 1.54) is 6.07 Å². The molecule has 6 heteroatoms. The van der Waals surface area contributed by atoms with E-state index in [4.69, 9.17) is 11.6 Å². The highest BCUT2D eigenvalue weighted by molar-refractivity contribution is 6.20. The lowest BCUT2D eigenvalue weighted by Gasteiger charge is -2.31. The van der Waals surface area contributed by atoms with Gasteiger partial charge in [0, 0.05) is 6.04 Å². The van der Waals surface area contributed by atoms with E-state index in [0.29, 0.717) is 11.3 Å². The van der Waals surface area contributed by atoms with E-state index in [2.05, 4.69) is 16.9 Å². The molecule has 1 aromatic carbocycles. The Kier molecular flexibility index (Phi) is 3.88. The first kappa shape index (κ1) is 14.7. The molecule has 1 saturated heterocycles. The molecule has 0 amide bonds. The number of rotatable bonds is 2. The van der Waals surface area contributed by atoms with Crippen molar-refractivity contribution < 1.29 is 8.78 Å². The zero-order chi connectivity index (χ0) is 15.1. The molecular formula is C15H18ClF2N3. The van der Waals surface area contributed by atoms with Crippen LogP contribution in [0.4, 0.5) is 8.78 Å². The van der Waals surface area contributed by atoms with Crippen LogP contribution in [0.5, 0.6) is 0 Å². The first-order chi connectivity index (χ1) is 9.99. The van der Waals surface area contributed by atoms with Gasteiger partial charge in [-0.15, -0.1) is 11.6 Å². The second-order valence-corrected chi connectivity index (χ2v) is 6.37. The lowest BCUT2D eigenvalue weighted by atomic mass is 10.0. The number of piperidine rings is 1. The predicted molar refractivity (Wildman–Crippen MR) is 79.7 cm³/mol. The molecule has 0 bridgehead atoms. The van der Waals surface area contributed by atoms with Crippen LogP contribution >= 0.6 is 11.6 Å². The molecule has 0 N–H and O–H groups in total. The molecule has 0 radical (unpaired) electrons. The van der Waals surface area contributed by atoms with Crippen LogP contribution in [0, 0.1) is 11.6 Å². The second kappa shape index (κ2) is 5.54. The normalized spacial score (nSPS) is 19.3. The van der Waals surface area contributed by atoms with Crippen molar-refractivity contribution in [3.05, 3.63) is 29.6 Å². The minimum Gasteiger partial charge on any atom is -0.321 e. The van der Waals surface area contributed by atoms with Crippen LogP contribution in [0.2, 0.25) is 0 Å². The Morgan fingerprint density at radius 3 is 2.57 bits per heavy atom. The summed E-state index contributed by atoms with van der Waals surface area (Å²) in [4.78, 5) is 6.65. The third-order valence-corrected chi connectivity index (χ3v) is 4.37. The molecule has 0 aliphatic carbocycles. The largest absolute Gasteiger partial charge is 0.321 e. The molecule has 0 spiro atoms. The molecule has 114 valence electrons. The molecule has 2 heterocycles. The van der Waals surface area contributed by atoms with Gasteiger partial charge in [0.2, 0.25) is 0 Å². The summed E-state index contributed by atoms with van der Waals surface area (Å²) in [6.45, 7) is 3.66. The highest BCUT2D eigenvalue weighted by Gasteiger charge is 2.27. The summed E-state index contributed by atoms with van der Waals surface area (Å²) in [6.07, 6.45) is 1.77. The van der Waals surface area contributed by atoms with Crippen LogP contribution in [0.1, 0.15) is 37.0 Å². The highest BCUT2D eigenvalue weighted by Crippen LogP contribution is 2.34. The van der Waals surface area contributed by atoms with E-state index in [1.54, 1.807) is 0 Å². The molecule has 3 rings (SSSR count). The average molecular weight is 314 g/mol. The average Bonchev–Trinajstić information content (AvgIpc) is 2.84. The van der Waals surface area contributed by atoms with Gasteiger partial charge < -0.3 is 9.47 Å². The van der Waals surface area contributed by atoms with Crippen molar-refractivity contribution >= 4 is 22.6 Å². The Hall–Kier alpha value is -1.20. The predicted octanol–water partition coefficient (Wildman–Crippen LogP) is 3.88. The van der Waals surface area contributed by atoms with E-state index in [1.807, 2.05) is 11.5 Å². The van der Waals surface area contributed by atoms with Crippen LogP contribution in [0.15, 0.2) is 12.1 Å². The van der Waals surface area contributed by atoms with Crippen molar-refractivity contribution in [3.63, 3.8) is 0 Å². The van der Waals surface area contributed by atoms with E-state index >= 15 is 0 Å². The number of fused-ring (bicyclic) bond motifs is 1. The SMILES string of the molecule is CC(Cl)c1nc2ccc(F)c(F)c2n1C1CCN(C)CC1. The summed E-state index contributed by atoms with van der Waals surface area (Å²) < 4.78 is 29.7. The van der Waals surface area contributed by atoms with Gasteiger partial charge in [0.05, 0.1) is 10.9 Å². The standard InChI is InChI=1S/C15H18ClF2N3/c1-9(16)15-19-12-4-3-11(17)13(18)14(12)21(15)10-5-7-20(2)8-6-10/h3-4,9-10H,5-8H2,1-2H3. The van der Waals surface area contributed by atoms with Gasteiger partial charge in [-0.2, -0.15) is 0 Å². The molecule has 21 heavy (non-hydrogen) atoms. The van der Waals surface area contributed by atoms with Crippen molar-refractivity contribution in [1.82, 2.24) is 14.5 Å². The Morgan fingerprint density at radius 1 is 1.29 bits per heavy atom. The minimum atomic E-state index is -0.842. The van der Waals surface area contributed by atoms with E-state index in [-0.39, 0.29) is 16.9 Å². The fourth-order valence-corrected chi connectivity index (χ4v) is 3.20. The van der Waals surface area contributed by atoms with Gasteiger partial charge in [-0.25, -0.2) is 13.8 Å². The van der Waals surface area contributed by atoms with Crippen LogP contribution in [-0.4, -0.2) is 34.6 Å². The van der Waals surface area contributed by atoms with Gasteiger partial charge in [0.25, 0.3) is 0 Å². The smallest absolute Gasteiger partial charge is 0.184 e. The third-order valence-electron chi connectivity index (χ3n) is 4.18. The zero-order valence-electron chi connectivity index (χ0n) is 12.1. The van der Waals surface area contributed by atoms with Crippen LogP contribution < -0.4 is 0 Å². The first-order valence-electron chi connectivity index (χ1n) is 7.17. The summed E-state index contributed by atoms with van der Waals surface area (Å²) in [6, 6.07) is 2.74. The molecule has 0 saturated carbocycles. The summed E-state index contributed by atoms with van der Waals surface area (Å²) in [7, 11) is 2.06. The number of aromatic nitrogens is 2. The zero-order valence-corrected chi connectivity index (χ0v) is 12.9. The number of benzene rings is 1. The molecule has 2 aromatic rings. The fourth-order valence-electron chi connectivity index (χ4n) is 3.04. The number of hydrogen-bond donors (Lipinski definition) is 0. The summed E-state index contributed by atoms with van der Waals surface area (Å²) >= 11 is 6.21. The maximum Gasteiger partial charge on any atom is 0.184 e. The monoisotopic (exact) mass is 313 g/mol. The number of hydrogen-bond acceptors (Lipinski definition) is 2. The van der Waals surface area contributed by atoms with Crippen molar-refractivity contribution in [3.8, 4) is 0 Å². The summed E-state index contributed by atoms with van der Waals surface area (Å²) in [5, 5.41) is -0.348. The Labute approximate surface area is 127 Å². The summed E-state index contributed by atoms with van der Waals surface area (Å²) in [5.41, 5.74) is 0.711. The lowest BCUT2D eigenvalue weighted by Crippen LogP contribution is -2.32. The number of imidazole rings is 1. The summed E-state index contributed by atoms with van der Waals surface area (Å²) in [5.74, 6) is -1.06. The number of alkyl halides is 1. The van der Waals surface area contributed by atoms with Crippen LogP contribution in [0.3, 0.4) is 0 Å². The van der Waals surface area contributed by atoms with Gasteiger partial charge >= 0.3 is 0 Å². The molecular weight excluding hydrogens is 296 g/mol. The molecule has 1 unspecified atom stereocenters. The Bertz CT molecular complexity index is 660. The quantitative estimate of drug-likeness (QED) is 0.785. The Morgan fingerprint density at radius 2 is 1.95 bits per heavy atom. The van der Waals surface area contributed by atoms with Crippen molar-refractivity contribution in [1.29, 1.82) is 0 Å². The van der Waals surface area contributed by atoms with Gasteiger partial charge in [0.15, 0.2) is 11.6 Å². The van der Waals surface area contributed by atoms with Gasteiger partial charge in [-0.3, -0.25) is 0 Å². The van der Waals surface area contributed by atoms with Gasteiger partial charge in [-0.05, 0) is 52.0 Å². The number of likely N-dealkylation sites (tertiary alicyclic amines) is 1. The Balaban J connectivity index is 2.18. The topological polar surface area (TPSA) is 21.1 Å². The second-order valence-electron chi connectivity index (χ2n) is 5.72. The van der Waals surface area contributed by atoms with Crippen molar-refractivity contribution in [2.45, 2.75) is 31.2 Å². The molecule has 1 aromatic heterocycles. The number of nitrogens with zero attached hydrogens (tertiary/aromatic N) is 3. The molecule has 1 fully saturated rings. The number of halogens is 3. The van der Waals surface area contributed by atoms with Gasteiger partial charge in [0.1, 0.15) is 11.3 Å². The maximum absolute atomic E-state index is 14.3. The first-order valence-corrected chi connectivity index (χ1v) is 7.61. The van der Waals surface area contributed by atoms with Crippen LogP contribution in [0.25, 0.3) is 11.0 Å². The van der Waals surface area contributed by atoms with Crippen molar-refractivity contribution in [2.24, 2.45) is 0 Å². The van der Waals surface area contributed by atoms with Crippen molar-refractivity contribution in [2.75, 3.05) is 20.1 Å². The minimum absolute atomic E-state index is 0.110. The molecule has 1 aliphatic heterocycles. The molecule has 3 nitrogen and oxygen atoms in total.